The number of carbonyl (C=O) groups excluding carboxylic acids is 2. The topological polar surface area (TPSA) is 151 Å². The second kappa shape index (κ2) is 8.94. The SMILES string of the molecule is CC(=O)NC1C(OCC/C=C(\C)C(N)=O)OC(CO)C(O)C1O. The van der Waals surface area contributed by atoms with Gasteiger partial charge in [-0.05, 0) is 13.3 Å². The van der Waals surface area contributed by atoms with Crippen LogP contribution in [-0.4, -0.2) is 71.0 Å². The van der Waals surface area contributed by atoms with Crippen LogP contribution < -0.4 is 11.1 Å². The van der Waals surface area contributed by atoms with Gasteiger partial charge in [-0.3, -0.25) is 9.59 Å². The van der Waals surface area contributed by atoms with E-state index in [1.54, 1.807) is 13.0 Å². The van der Waals surface area contributed by atoms with Crippen molar-refractivity contribution in [2.45, 2.75) is 50.9 Å². The molecule has 9 nitrogen and oxygen atoms in total. The van der Waals surface area contributed by atoms with Crippen LogP contribution >= 0.6 is 0 Å². The summed E-state index contributed by atoms with van der Waals surface area (Å²) in [4.78, 5) is 22.1. The third-order valence-corrected chi connectivity index (χ3v) is 3.49. The van der Waals surface area contributed by atoms with Crippen LogP contribution in [0.15, 0.2) is 11.6 Å². The van der Waals surface area contributed by atoms with Crippen LogP contribution in [0.4, 0.5) is 0 Å². The van der Waals surface area contributed by atoms with E-state index in [9.17, 15) is 24.9 Å². The zero-order valence-electron chi connectivity index (χ0n) is 13.1. The number of aliphatic hydroxyl groups is 3. The van der Waals surface area contributed by atoms with Crippen LogP contribution in [-0.2, 0) is 19.1 Å². The number of primary amides is 1. The molecule has 9 heteroatoms. The summed E-state index contributed by atoms with van der Waals surface area (Å²) in [5.41, 5.74) is 5.49. The Morgan fingerprint density at radius 3 is 2.48 bits per heavy atom. The van der Waals surface area contributed by atoms with Gasteiger partial charge >= 0.3 is 0 Å². The lowest BCUT2D eigenvalue weighted by atomic mass is 9.97. The minimum Gasteiger partial charge on any atom is -0.394 e. The lowest BCUT2D eigenvalue weighted by Gasteiger charge is -2.42. The van der Waals surface area contributed by atoms with E-state index in [0.29, 0.717) is 12.0 Å². The summed E-state index contributed by atoms with van der Waals surface area (Å²) in [6.45, 7) is 2.45. The molecule has 0 bridgehead atoms. The average molecular weight is 332 g/mol. The Hall–Kier alpha value is -1.52. The molecule has 1 rings (SSSR count). The van der Waals surface area contributed by atoms with Crippen molar-refractivity contribution in [1.82, 2.24) is 5.32 Å². The zero-order valence-corrected chi connectivity index (χ0v) is 13.1. The van der Waals surface area contributed by atoms with Gasteiger partial charge in [0.05, 0.1) is 13.2 Å². The second-order valence-corrected chi connectivity index (χ2v) is 5.34. The Kier molecular flexibility index (Phi) is 7.59. The molecule has 6 N–H and O–H groups in total. The van der Waals surface area contributed by atoms with E-state index in [4.69, 9.17) is 15.2 Å². The molecule has 5 atom stereocenters. The van der Waals surface area contributed by atoms with Gasteiger partial charge in [0.2, 0.25) is 11.8 Å². The van der Waals surface area contributed by atoms with Crippen molar-refractivity contribution < 1.29 is 34.4 Å². The van der Waals surface area contributed by atoms with Crippen molar-refractivity contribution in [3.63, 3.8) is 0 Å². The van der Waals surface area contributed by atoms with Crippen LogP contribution in [0.3, 0.4) is 0 Å². The Morgan fingerprint density at radius 1 is 1.30 bits per heavy atom. The van der Waals surface area contributed by atoms with Gasteiger partial charge in [-0.15, -0.1) is 0 Å². The van der Waals surface area contributed by atoms with Crippen LogP contribution in [0.2, 0.25) is 0 Å². The Bertz CT molecular complexity index is 454. The number of aliphatic hydroxyl groups excluding tert-OH is 3. The van der Waals surface area contributed by atoms with Gasteiger partial charge in [0.1, 0.15) is 24.4 Å². The van der Waals surface area contributed by atoms with Crippen LogP contribution in [0.25, 0.3) is 0 Å². The minimum atomic E-state index is -1.35. The monoisotopic (exact) mass is 332 g/mol. The van der Waals surface area contributed by atoms with E-state index in [-0.39, 0.29) is 6.61 Å². The van der Waals surface area contributed by atoms with Crippen molar-refractivity contribution in [2.75, 3.05) is 13.2 Å². The van der Waals surface area contributed by atoms with Gasteiger partial charge in [-0.25, -0.2) is 0 Å². The number of rotatable bonds is 7. The number of hydrogen-bond donors (Lipinski definition) is 5. The summed E-state index contributed by atoms with van der Waals surface area (Å²) in [5.74, 6) is -0.959. The highest BCUT2D eigenvalue weighted by Gasteiger charge is 2.45. The maximum Gasteiger partial charge on any atom is 0.244 e. The Balaban J connectivity index is 2.68. The van der Waals surface area contributed by atoms with E-state index in [1.165, 1.54) is 6.92 Å². The van der Waals surface area contributed by atoms with E-state index in [2.05, 4.69) is 5.32 Å². The molecule has 132 valence electrons. The fraction of sp³-hybridized carbons (Fsp3) is 0.714. The van der Waals surface area contributed by atoms with Crippen molar-refractivity contribution >= 4 is 11.8 Å². The van der Waals surface area contributed by atoms with E-state index >= 15 is 0 Å². The number of amides is 2. The van der Waals surface area contributed by atoms with Gasteiger partial charge in [0.25, 0.3) is 0 Å². The molecule has 5 unspecified atom stereocenters. The summed E-state index contributed by atoms with van der Waals surface area (Å²) in [6, 6.07) is -0.980. The highest BCUT2D eigenvalue weighted by Crippen LogP contribution is 2.22. The number of ether oxygens (including phenoxy) is 2. The molecule has 1 heterocycles. The lowest BCUT2D eigenvalue weighted by Crippen LogP contribution is -2.64. The fourth-order valence-electron chi connectivity index (χ4n) is 2.17. The largest absolute Gasteiger partial charge is 0.394 e. The maximum atomic E-state index is 11.2. The first-order valence-corrected chi connectivity index (χ1v) is 7.25. The fourth-order valence-corrected chi connectivity index (χ4v) is 2.17. The standard InChI is InChI=1S/C14H24N2O7/c1-7(13(15)21)4-3-5-22-14-10(16-8(2)18)12(20)11(19)9(6-17)23-14/h4,9-12,14,17,19-20H,3,5-6H2,1-2H3,(H2,15,21)(H,16,18)/b7-4+. The first kappa shape index (κ1) is 19.5. The quantitative estimate of drug-likeness (QED) is 0.261. The van der Waals surface area contributed by atoms with Crippen molar-refractivity contribution in [3.05, 3.63) is 11.6 Å². The highest BCUT2D eigenvalue weighted by molar-refractivity contribution is 5.91. The molecule has 0 spiro atoms. The summed E-state index contributed by atoms with van der Waals surface area (Å²) in [6.07, 6.45) is -2.82. The molecule has 0 saturated carbocycles. The van der Waals surface area contributed by atoms with E-state index in [1.807, 2.05) is 0 Å². The molecule has 0 aliphatic carbocycles. The number of nitrogens with two attached hydrogens (primary N) is 1. The Labute approximate surface area is 134 Å². The van der Waals surface area contributed by atoms with Crippen LogP contribution in [0.5, 0.6) is 0 Å². The van der Waals surface area contributed by atoms with E-state index < -0.39 is 49.1 Å². The van der Waals surface area contributed by atoms with E-state index in [0.717, 1.165) is 0 Å². The molecule has 0 radical (unpaired) electrons. The molecule has 0 aromatic rings. The zero-order chi connectivity index (χ0) is 17.6. The first-order chi connectivity index (χ1) is 10.8. The molecule has 1 aliphatic heterocycles. The smallest absolute Gasteiger partial charge is 0.244 e. The molecular weight excluding hydrogens is 308 g/mol. The normalized spacial score (nSPS) is 31.7. The Morgan fingerprint density at radius 2 is 1.96 bits per heavy atom. The van der Waals surface area contributed by atoms with Gasteiger partial charge in [0.15, 0.2) is 6.29 Å². The van der Waals surface area contributed by atoms with Crippen molar-refractivity contribution in [3.8, 4) is 0 Å². The lowest BCUT2D eigenvalue weighted by molar-refractivity contribution is -0.269. The molecule has 2 amide bonds. The molecule has 1 fully saturated rings. The highest BCUT2D eigenvalue weighted by atomic mass is 16.7. The van der Waals surface area contributed by atoms with Gasteiger partial charge in [-0.2, -0.15) is 0 Å². The summed E-state index contributed by atoms with van der Waals surface area (Å²) in [7, 11) is 0. The predicted octanol–water partition coefficient (Wildman–Crippen LogP) is -2.23. The molecule has 0 aromatic heterocycles. The third kappa shape index (κ3) is 5.56. The number of hydrogen-bond acceptors (Lipinski definition) is 7. The molecule has 23 heavy (non-hydrogen) atoms. The molecule has 1 aliphatic rings. The molecule has 1 saturated heterocycles. The van der Waals surface area contributed by atoms with Crippen molar-refractivity contribution in [1.29, 1.82) is 0 Å². The first-order valence-electron chi connectivity index (χ1n) is 7.25. The molecule has 0 aromatic carbocycles. The van der Waals surface area contributed by atoms with Gasteiger partial charge in [0, 0.05) is 12.5 Å². The summed E-state index contributed by atoms with van der Waals surface area (Å²) < 4.78 is 10.8. The van der Waals surface area contributed by atoms with Crippen molar-refractivity contribution in [2.24, 2.45) is 5.73 Å². The van der Waals surface area contributed by atoms with Gasteiger partial charge < -0.3 is 35.8 Å². The van der Waals surface area contributed by atoms with Gasteiger partial charge in [-0.1, -0.05) is 6.08 Å². The summed E-state index contributed by atoms with van der Waals surface area (Å²) >= 11 is 0. The summed E-state index contributed by atoms with van der Waals surface area (Å²) in [5, 5.41) is 31.5. The molecular formula is C14H24N2O7. The average Bonchev–Trinajstić information content (AvgIpc) is 2.49. The van der Waals surface area contributed by atoms with Crippen LogP contribution in [0.1, 0.15) is 20.3 Å². The second-order valence-electron chi connectivity index (χ2n) is 5.34. The number of carbonyl (C=O) groups is 2. The third-order valence-electron chi connectivity index (χ3n) is 3.49. The van der Waals surface area contributed by atoms with Crippen LogP contribution in [0, 0.1) is 0 Å². The minimum absolute atomic E-state index is 0.131. The predicted molar refractivity (Wildman–Crippen MR) is 78.9 cm³/mol. The number of nitrogens with one attached hydrogen (secondary N) is 1. The maximum absolute atomic E-state index is 11.2.